The average Bonchev–Trinajstić information content (AvgIpc) is 3.66. The number of nitrogens with one attached hydrogen (secondary N) is 1. The number of fused-ring (bicyclic) bond motifs is 1. The summed E-state index contributed by atoms with van der Waals surface area (Å²) in [6, 6.07) is 6.26. The van der Waals surface area contributed by atoms with E-state index in [1.807, 2.05) is 18.2 Å². The number of carbonyl (C=O) groups excluding carboxylic acids is 1. The molecule has 1 saturated heterocycles. The van der Waals surface area contributed by atoms with E-state index in [1.54, 1.807) is 4.80 Å². The van der Waals surface area contributed by atoms with Crippen molar-refractivity contribution in [2.45, 2.75) is 83.0 Å². The first-order valence-electron chi connectivity index (χ1n) is 13.0. The van der Waals surface area contributed by atoms with Crippen LogP contribution in [0.25, 0.3) is 11.4 Å². The van der Waals surface area contributed by atoms with E-state index in [2.05, 4.69) is 32.6 Å². The number of tetrazole rings is 1. The monoisotopic (exact) mass is 484 g/mol. The van der Waals surface area contributed by atoms with Crippen LogP contribution in [0.2, 0.25) is 0 Å². The number of amides is 1. The molecule has 10 nitrogen and oxygen atoms in total. The lowest BCUT2D eigenvalue weighted by atomic mass is 10.0. The zero-order valence-corrected chi connectivity index (χ0v) is 20.5. The summed E-state index contributed by atoms with van der Waals surface area (Å²) in [5.41, 5.74) is 0.855. The summed E-state index contributed by atoms with van der Waals surface area (Å²) in [6.07, 6.45) is 8.47. The Labute approximate surface area is 206 Å². The number of rotatable bonds is 10. The van der Waals surface area contributed by atoms with Gasteiger partial charge in [-0.2, -0.15) is 4.80 Å². The first-order chi connectivity index (χ1) is 17.2. The second-order valence-corrected chi connectivity index (χ2v) is 9.73. The van der Waals surface area contributed by atoms with Gasteiger partial charge in [0.05, 0.1) is 12.6 Å². The van der Waals surface area contributed by atoms with Crippen molar-refractivity contribution < 1.29 is 19.0 Å². The van der Waals surface area contributed by atoms with Crippen molar-refractivity contribution in [3.05, 3.63) is 18.2 Å². The van der Waals surface area contributed by atoms with E-state index in [0.717, 1.165) is 69.6 Å². The zero-order chi connectivity index (χ0) is 24.0. The van der Waals surface area contributed by atoms with Crippen molar-refractivity contribution >= 4 is 5.91 Å². The molecule has 0 spiro atoms. The molecule has 3 heterocycles. The largest absolute Gasteiger partial charge is 0.454 e. The second kappa shape index (κ2) is 11.3. The number of nitrogens with zero attached hydrogens (tertiary/aromatic N) is 5. The highest BCUT2D eigenvalue weighted by molar-refractivity contribution is 5.81. The third-order valence-electron chi connectivity index (χ3n) is 7.35. The predicted octanol–water partition coefficient (Wildman–Crippen LogP) is 2.78. The topological polar surface area (TPSA) is 104 Å². The molecule has 1 aromatic carbocycles. The molecule has 0 bridgehead atoms. The number of ether oxygens (including phenoxy) is 3. The van der Waals surface area contributed by atoms with Crippen LogP contribution in [0.5, 0.6) is 11.5 Å². The molecule has 0 radical (unpaired) electrons. The third-order valence-corrected chi connectivity index (χ3v) is 7.35. The van der Waals surface area contributed by atoms with Crippen molar-refractivity contribution in [3.8, 4) is 22.9 Å². The smallest absolute Gasteiger partial charge is 0.237 e. The fraction of sp³-hybridized carbons (Fsp3) is 0.680. The number of aromatic nitrogens is 4. The minimum atomic E-state index is -0.138. The summed E-state index contributed by atoms with van der Waals surface area (Å²) >= 11 is 0. The zero-order valence-electron chi connectivity index (χ0n) is 20.5. The molecule has 2 fully saturated rings. The normalized spacial score (nSPS) is 19.4. The SMILES string of the molecule is CC(C(=O)NC1CCCC1)N(CCCCn1nnc(-c2ccc3c(c2)OCO3)n1)C1CCOCC1. The number of unbranched alkanes of at least 4 members (excludes halogenated alkanes) is 1. The molecule has 2 aromatic rings. The highest BCUT2D eigenvalue weighted by Crippen LogP contribution is 2.34. The molecule has 1 amide bonds. The molecule has 2 aliphatic heterocycles. The Kier molecular flexibility index (Phi) is 7.78. The number of hydrogen-bond donors (Lipinski definition) is 1. The summed E-state index contributed by atoms with van der Waals surface area (Å²) in [5, 5.41) is 16.3. The Hall–Kier alpha value is -2.72. The quantitative estimate of drug-likeness (QED) is 0.514. The van der Waals surface area contributed by atoms with E-state index in [1.165, 1.54) is 12.8 Å². The molecule has 3 aliphatic rings. The highest BCUT2D eigenvalue weighted by Gasteiger charge is 2.30. The minimum absolute atomic E-state index is 0.138. The lowest BCUT2D eigenvalue weighted by Crippen LogP contribution is -2.53. The van der Waals surface area contributed by atoms with Gasteiger partial charge >= 0.3 is 0 Å². The van der Waals surface area contributed by atoms with Gasteiger partial charge in [0.25, 0.3) is 0 Å². The maximum Gasteiger partial charge on any atom is 0.237 e. The summed E-state index contributed by atoms with van der Waals surface area (Å²) < 4.78 is 16.4. The Morgan fingerprint density at radius 3 is 2.77 bits per heavy atom. The van der Waals surface area contributed by atoms with Gasteiger partial charge in [-0.05, 0) is 75.4 Å². The number of carbonyl (C=O) groups is 1. The predicted molar refractivity (Wildman–Crippen MR) is 129 cm³/mol. The molecular weight excluding hydrogens is 448 g/mol. The van der Waals surface area contributed by atoms with Crippen LogP contribution in [-0.2, 0) is 16.1 Å². The van der Waals surface area contributed by atoms with Gasteiger partial charge in [0.2, 0.25) is 18.5 Å². The van der Waals surface area contributed by atoms with Gasteiger partial charge in [-0.25, -0.2) is 0 Å². The van der Waals surface area contributed by atoms with Crippen LogP contribution in [0.1, 0.15) is 58.3 Å². The minimum Gasteiger partial charge on any atom is -0.454 e. The van der Waals surface area contributed by atoms with E-state index >= 15 is 0 Å². The van der Waals surface area contributed by atoms with Gasteiger partial charge in [0, 0.05) is 30.9 Å². The number of aryl methyl sites for hydroxylation is 1. The van der Waals surface area contributed by atoms with Crippen LogP contribution in [0, 0.1) is 0 Å². The van der Waals surface area contributed by atoms with Gasteiger partial charge < -0.3 is 19.5 Å². The van der Waals surface area contributed by atoms with Crippen molar-refractivity contribution in [3.63, 3.8) is 0 Å². The van der Waals surface area contributed by atoms with Gasteiger partial charge in [0.1, 0.15) is 0 Å². The number of benzene rings is 1. The van der Waals surface area contributed by atoms with Crippen molar-refractivity contribution in [1.29, 1.82) is 0 Å². The summed E-state index contributed by atoms with van der Waals surface area (Å²) in [5.74, 6) is 2.18. The maximum absolute atomic E-state index is 13.0. The third kappa shape index (κ3) is 5.92. The molecule has 1 saturated carbocycles. The van der Waals surface area contributed by atoms with E-state index < -0.39 is 0 Å². The van der Waals surface area contributed by atoms with Crippen molar-refractivity contribution in [2.24, 2.45) is 0 Å². The fourth-order valence-electron chi connectivity index (χ4n) is 5.29. The van der Waals surface area contributed by atoms with Gasteiger partial charge in [-0.3, -0.25) is 9.69 Å². The van der Waals surface area contributed by atoms with Crippen LogP contribution < -0.4 is 14.8 Å². The van der Waals surface area contributed by atoms with Gasteiger partial charge in [-0.1, -0.05) is 12.8 Å². The Morgan fingerprint density at radius 1 is 1.14 bits per heavy atom. The average molecular weight is 485 g/mol. The summed E-state index contributed by atoms with van der Waals surface area (Å²) in [4.78, 5) is 17.0. The molecule has 1 N–H and O–H groups in total. The van der Waals surface area contributed by atoms with E-state index in [9.17, 15) is 4.79 Å². The highest BCUT2D eigenvalue weighted by atomic mass is 16.7. The Bertz CT molecular complexity index is 986. The van der Waals surface area contributed by atoms with Crippen molar-refractivity contribution in [2.75, 3.05) is 26.6 Å². The first kappa shape index (κ1) is 24.0. The molecule has 1 aliphatic carbocycles. The van der Waals surface area contributed by atoms with Crippen molar-refractivity contribution in [1.82, 2.24) is 30.4 Å². The summed E-state index contributed by atoms with van der Waals surface area (Å²) in [7, 11) is 0. The van der Waals surface area contributed by atoms with Crippen LogP contribution >= 0.6 is 0 Å². The lowest BCUT2D eigenvalue weighted by Gasteiger charge is -2.38. The molecule has 35 heavy (non-hydrogen) atoms. The second-order valence-electron chi connectivity index (χ2n) is 9.73. The number of hydrogen-bond acceptors (Lipinski definition) is 8. The summed E-state index contributed by atoms with van der Waals surface area (Å²) in [6.45, 7) is 5.38. The maximum atomic E-state index is 13.0. The molecule has 1 unspecified atom stereocenters. The molecule has 5 rings (SSSR count). The lowest BCUT2D eigenvalue weighted by molar-refractivity contribution is -0.128. The van der Waals surface area contributed by atoms with Crippen LogP contribution in [0.3, 0.4) is 0 Å². The van der Waals surface area contributed by atoms with Gasteiger partial charge in [0.15, 0.2) is 11.5 Å². The standard InChI is InChI=1S/C25H36N6O4/c1-18(25(32)26-20-6-2-3-7-20)30(21-10-14-33-15-11-21)12-4-5-13-31-28-24(27-29-31)19-8-9-22-23(16-19)35-17-34-22/h8-9,16,18,20-21H,2-7,10-15,17H2,1H3,(H,26,32). The Morgan fingerprint density at radius 2 is 1.94 bits per heavy atom. The van der Waals surface area contributed by atoms with Gasteiger partial charge in [-0.15, -0.1) is 10.2 Å². The van der Waals surface area contributed by atoms with Crippen LogP contribution in [0.15, 0.2) is 18.2 Å². The van der Waals surface area contributed by atoms with E-state index in [-0.39, 0.29) is 18.7 Å². The molecular formula is C25H36N6O4. The molecule has 190 valence electrons. The van der Waals surface area contributed by atoms with E-state index in [4.69, 9.17) is 14.2 Å². The fourth-order valence-corrected chi connectivity index (χ4v) is 5.29. The molecule has 1 aromatic heterocycles. The molecule has 10 heteroatoms. The molecule has 1 atom stereocenters. The van der Waals surface area contributed by atoms with Crippen LogP contribution in [-0.4, -0.2) is 75.7 Å². The Balaban J connectivity index is 1.14. The first-order valence-corrected chi connectivity index (χ1v) is 13.0. The van der Waals surface area contributed by atoms with E-state index in [0.29, 0.717) is 30.2 Å². The van der Waals surface area contributed by atoms with Crippen LogP contribution in [0.4, 0.5) is 0 Å².